The van der Waals surface area contributed by atoms with Gasteiger partial charge < -0.3 is 10.1 Å². The van der Waals surface area contributed by atoms with Crippen LogP contribution in [0.1, 0.15) is 11.3 Å². The van der Waals surface area contributed by atoms with Crippen molar-refractivity contribution in [3.05, 3.63) is 53.2 Å². The number of benzene rings is 1. The first-order valence-corrected chi connectivity index (χ1v) is 7.02. The topological polar surface area (TPSA) is 98.3 Å². The molecule has 1 heterocycles. The highest BCUT2D eigenvalue weighted by atomic mass is 79.9. The molecule has 0 unspecified atom stereocenters. The predicted octanol–water partition coefficient (Wildman–Crippen LogP) is 2.35. The molecule has 0 saturated carbocycles. The first kappa shape index (κ1) is 14.7. The SMILES string of the molecule is Cc1[nH]c(=O)[nH]c(=O)c1N=Cc1cc(Br)cc(Br)c1O. The van der Waals surface area contributed by atoms with E-state index in [2.05, 4.69) is 46.8 Å². The molecule has 2 rings (SSSR count). The molecule has 0 saturated heterocycles. The van der Waals surface area contributed by atoms with Gasteiger partial charge in [0.1, 0.15) is 11.4 Å². The van der Waals surface area contributed by atoms with Crippen molar-refractivity contribution in [3.63, 3.8) is 0 Å². The van der Waals surface area contributed by atoms with Crippen LogP contribution < -0.4 is 11.2 Å². The number of rotatable bonds is 2. The van der Waals surface area contributed by atoms with Gasteiger partial charge in [-0.25, -0.2) is 9.79 Å². The van der Waals surface area contributed by atoms with Gasteiger partial charge in [0.05, 0.1) is 4.47 Å². The molecular weight excluding hydrogens is 394 g/mol. The van der Waals surface area contributed by atoms with Gasteiger partial charge in [0, 0.05) is 21.9 Å². The summed E-state index contributed by atoms with van der Waals surface area (Å²) in [6, 6.07) is 3.34. The van der Waals surface area contributed by atoms with Gasteiger partial charge in [0.15, 0.2) is 0 Å². The van der Waals surface area contributed by atoms with Crippen LogP contribution in [0, 0.1) is 6.92 Å². The van der Waals surface area contributed by atoms with Gasteiger partial charge in [-0.3, -0.25) is 9.78 Å². The summed E-state index contributed by atoms with van der Waals surface area (Å²) >= 11 is 6.50. The zero-order chi connectivity index (χ0) is 14.9. The van der Waals surface area contributed by atoms with E-state index in [1.807, 2.05) is 0 Å². The fourth-order valence-electron chi connectivity index (χ4n) is 1.57. The van der Waals surface area contributed by atoms with Crippen molar-refractivity contribution in [1.82, 2.24) is 9.97 Å². The molecule has 0 aliphatic heterocycles. The number of nitrogens with zero attached hydrogens (tertiary/aromatic N) is 1. The normalized spacial score (nSPS) is 11.2. The second-order valence-electron chi connectivity index (χ2n) is 3.97. The van der Waals surface area contributed by atoms with Crippen molar-refractivity contribution in [2.75, 3.05) is 0 Å². The highest BCUT2D eigenvalue weighted by Gasteiger charge is 2.07. The van der Waals surface area contributed by atoms with E-state index in [-0.39, 0.29) is 11.4 Å². The van der Waals surface area contributed by atoms with E-state index in [4.69, 9.17) is 0 Å². The van der Waals surface area contributed by atoms with Crippen LogP contribution in [-0.4, -0.2) is 21.3 Å². The summed E-state index contributed by atoms with van der Waals surface area (Å²) in [6.45, 7) is 1.57. The third-order valence-electron chi connectivity index (χ3n) is 2.49. The summed E-state index contributed by atoms with van der Waals surface area (Å²) < 4.78 is 1.25. The molecule has 0 radical (unpaired) electrons. The van der Waals surface area contributed by atoms with Crippen LogP contribution in [-0.2, 0) is 0 Å². The van der Waals surface area contributed by atoms with Crippen LogP contribution in [0.15, 0.2) is 35.7 Å². The number of aliphatic imine (C=N–C) groups is 1. The molecule has 0 aliphatic carbocycles. The van der Waals surface area contributed by atoms with Gasteiger partial charge in [-0.2, -0.15) is 0 Å². The summed E-state index contributed by atoms with van der Waals surface area (Å²) in [6.07, 6.45) is 1.35. The van der Waals surface area contributed by atoms with Gasteiger partial charge >= 0.3 is 5.69 Å². The highest BCUT2D eigenvalue weighted by molar-refractivity contribution is 9.11. The van der Waals surface area contributed by atoms with Gasteiger partial charge in [0.2, 0.25) is 0 Å². The van der Waals surface area contributed by atoms with Crippen molar-refractivity contribution in [2.24, 2.45) is 4.99 Å². The Hall–Kier alpha value is -1.67. The zero-order valence-corrected chi connectivity index (χ0v) is 13.4. The third kappa shape index (κ3) is 3.07. The molecule has 1 aromatic carbocycles. The second-order valence-corrected chi connectivity index (χ2v) is 5.74. The maximum absolute atomic E-state index is 11.6. The number of hydrogen-bond acceptors (Lipinski definition) is 4. The first-order chi connectivity index (χ1) is 9.38. The minimum absolute atomic E-state index is 0.00968. The zero-order valence-electron chi connectivity index (χ0n) is 10.2. The van der Waals surface area contributed by atoms with Gasteiger partial charge in [-0.1, -0.05) is 15.9 Å². The van der Waals surface area contributed by atoms with Crippen LogP contribution in [0.3, 0.4) is 0 Å². The lowest BCUT2D eigenvalue weighted by molar-refractivity contribution is 0.471. The second kappa shape index (κ2) is 5.76. The van der Waals surface area contributed by atoms with E-state index in [1.165, 1.54) is 6.21 Å². The molecule has 0 spiro atoms. The standard InChI is InChI=1S/C12H9Br2N3O3/c1-5-9(11(19)17-12(20)16-5)15-4-6-2-7(13)3-8(14)10(6)18/h2-4,18H,1H3,(H2,16,17,19,20). The van der Waals surface area contributed by atoms with Crippen molar-refractivity contribution in [2.45, 2.75) is 6.92 Å². The lowest BCUT2D eigenvalue weighted by atomic mass is 10.2. The molecule has 0 atom stereocenters. The molecule has 20 heavy (non-hydrogen) atoms. The Morgan fingerprint density at radius 1 is 1.25 bits per heavy atom. The van der Waals surface area contributed by atoms with E-state index in [1.54, 1.807) is 19.1 Å². The minimum atomic E-state index is -0.587. The molecule has 0 aliphatic rings. The van der Waals surface area contributed by atoms with E-state index >= 15 is 0 Å². The number of halogens is 2. The number of aryl methyl sites for hydroxylation is 1. The van der Waals surface area contributed by atoms with E-state index in [9.17, 15) is 14.7 Å². The largest absolute Gasteiger partial charge is 0.506 e. The Morgan fingerprint density at radius 2 is 1.95 bits per heavy atom. The number of phenols is 1. The Bertz CT molecular complexity index is 809. The molecule has 6 nitrogen and oxygen atoms in total. The Morgan fingerprint density at radius 3 is 2.60 bits per heavy atom. The van der Waals surface area contributed by atoms with Crippen molar-refractivity contribution < 1.29 is 5.11 Å². The number of aromatic amines is 2. The lowest BCUT2D eigenvalue weighted by Gasteiger charge is -2.03. The number of hydrogen-bond donors (Lipinski definition) is 3. The number of phenolic OH excluding ortho intramolecular Hbond substituents is 1. The summed E-state index contributed by atoms with van der Waals surface area (Å²) in [5.74, 6) is 0.00968. The fourth-order valence-corrected chi connectivity index (χ4v) is 2.83. The third-order valence-corrected chi connectivity index (χ3v) is 3.55. The molecule has 104 valence electrons. The van der Waals surface area contributed by atoms with Gasteiger partial charge in [0.25, 0.3) is 5.56 Å². The van der Waals surface area contributed by atoms with Gasteiger partial charge in [-0.05, 0) is 35.0 Å². The number of aromatic hydroxyl groups is 1. The van der Waals surface area contributed by atoms with Crippen LogP contribution in [0.25, 0.3) is 0 Å². The smallest absolute Gasteiger partial charge is 0.326 e. The minimum Gasteiger partial charge on any atom is -0.506 e. The van der Waals surface area contributed by atoms with Gasteiger partial charge in [-0.15, -0.1) is 0 Å². The molecule has 2 aromatic rings. The summed E-state index contributed by atoms with van der Waals surface area (Å²) in [4.78, 5) is 31.3. The number of aromatic nitrogens is 2. The molecule has 0 bridgehead atoms. The van der Waals surface area contributed by atoms with Crippen LogP contribution in [0.2, 0.25) is 0 Å². The van der Waals surface area contributed by atoms with Crippen LogP contribution in [0.4, 0.5) is 5.69 Å². The first-order valence-electron chi connectivity index (χ1n) is 5.44. The number of H-pyrrole nitrogens is 2. The molecular formula is C12H9Br2N3O3. The van der Waals surface area contributed by atoms with E-state index < -0.39 is 11.2 Å². The van der Waals surface area contributed by atoms with E-state index in [0.717, 1.165) is 4.47 Å². The Balaban J connectivity index is 2.50. The fraction of sp³-hybridized carbons (Fsp3) is 0.0833. The van der Waals surface area contributed by atoms with Crippen molar-refractivity contribution in [1.29, 1.82) is 0 Å². The molecule has 8 heteroatoms. The summed E-state index contributed by atoms with van der Waals surface area (Å²) in [5, 5.41) is 9.88. The average Bonchev–Trinajstić information content (AvgIpc) is 2.33. The van der Waals surface area contributed by atoms with Crippen molar-refractivity contribution in [3.8, 4) is 5.75 Å². The average molecular weight is 403 g/mol. The summed E-state index contributed by atoms with van der Waals surface area (Å²) in [7, 11) is 0. The Kier molecular flexibility index (Phi) is 4.24. The van der Waals surface area contributed by atoms with E-state index in [0.29, 0.717) is 15.7 Å². The maximum Gasteiger partial charge on any atom is 0.326 e. The lowest BCUT2D eigenvalue weighted by Crippen LogP contribution is -2.22. The molecule has 0 amide bonds. The molecule has 1 aromatic heterocycles. The predicted molar refractivity (Wildman–Crippen MR) is 83.2 cm³/mol. The summed E-state index contributed by atoms with van der Waals surface area (Å²) in [5.41, 5.74) is -0.310. The van der Waals surface area contributed by atoms with Crippen LogP contribution in [0.5, 0.6) is 5.75 Å². The number of nitrogens with one attached hydrogen (secondary N) is 2. The molecule has 0 fully saturated rings. The quantitative estimate of drug-likeness (QED) is 0.672. The monoisotopic (exact) mass is 401 g/mol. The van der Waals surface area contributed by atoms with Crippen molar-refractivity contribution >= 4 is 43.8 Å². The molecule has 3 N–H and O–H groups in total. The van der Waals surface area contributed by atoms with Crippen LogP contribution >= 0.6 is 31.9 Å². The Labute approximate surface area is 129 Å². The highest BCUT2D eigenvalue weighted by Crippen LogP contribution is 2.30. The maximum atomic E-state index is 11.6.